The van der Waals surface area contributed by atoms with Gasteiger partial charge in [0.25, 0.3) is 0 Å². The predicted octanol–water partition coefficient (Wildman–Crippen LogP) is 3.07. The Morgan fingerprint density at radius 1 is 1.38 bits per heavy atom. The quantitative estimate of drug-likeness (QED) is 0.666. The minimum atomic E-state index is 0.104. The Labute approximate surface area is 127 Å². The van der Waals surface area contributed by atoms with E-state index in [1.54, 1.807) is 18.0 Å². The van der Waals surface area contributed by atoms with Crippen molar-refractivity contribution in [2.24, 2.45) is 0 Å². The Kier molecular flexibility index (Phi) is 4.60. The van der Waals surface area contributed by atoms with E-state index in [0.717, 1.165) is 10.6 Å². The van der Waals surface area contributed by atoms with E-state index in [-0.39, 0.29) is 10.6 Å². The third kappa shape index (κ3) is 4.33. The Balaban J connectivity index is 2.22. The summed E-state index contributed by atoms with van der Waals surface area (Å²) in [6.45, 7) is 6.47. The molecule has 0 saturated carbocycles. The summed E-state index contributed by atoms with van der Waals surface area (Å²) in [5, 5.41) is 25.7. The standard InChI is InChI=1S/C14H16N6S/c1-14(2,3)21-12-7-5-4-6-11(12)16-9-10(8-15)13-17-19-20-18-13/h4-7,9,16H,1-3H3,(H,17,18,19,20). The van der Waals surface area contributed by atoms with Gasteiger partial charge >= 0.3 is 0 Å². The fourth-order valence-electron chi connectivity index (χ4n) is 1.58. The van der Waals surface area contributed by atoms with Gasteiger partial charge in [-0.3, -0.25) is 0 Å². The smallest absolute Gasteiger partial charge is 0.216 e. The maximum atomic E-state index is 9.15. The Bertz CT molecular complexity index is 664. The zero-order valence-electron chi connectivity index (χ0n) is 12.1. The molecule has 108 valence electrons. The number of hydrogen-bond acceptors (Lipinski definition) is 6. The first-order valence-electron chi connectivity index (χ1n) is 6.38. The minimum Gasteiger partial charge on any atom is -0.359 e. The molecule has 0 atom stereocenters. The van der Waals surface area contributed by atoms with Crippen LogP contribution >= 0.6 is 11.8 Å². The number of rotatable bonds is 4. The second-order valence-corrected chi connectivity index (χ2v) is 7.13. The van der Waals surface area contributed by atoms with E-state index in [9.17, 15) is 0 Å². The van der Waals surface area contributed by atoms with Crippen LogP contribution in [0, 0.1) is 11.3 Å². The van der Waals surface area contributed by atoms with Crippen LogP contribution in [0.4, 0.5) is 5.69 Å². The molecule has 0 bridgehead atoms. The van der Waals surface area contributed by atoms with E-state index in [4.69, 9.17) is 5.26 Å². The summed E-state index contributed by atoms with van der Waals surface area (Å²) in [7, 11) is 0. The molecule has 2 aromatic rings. The first-order valence-corrected chi connectivity index (χ1v) is 7.20. The molecule has 0 fully saturated rings. The molecule has 0 aliphatic heterocycles. The van der Waals surface area contributed by atoms with Crippen LogP contribution in [0.2, 0.25) is 0 Å². The molecule has 2 N–H and O–H groups in total. The van der Waals surface area contributed by atoms with Crippen LogP contribution in [0.3, 0.4) is 0 Å². The van der Waals surface area contributed by atoms with E-state index in [0.29, 0.717) is 5.57 Å². The summed E-state index contributed by atoms with van der Waals surface area (Å²) in [6, 6.07) is 10.0. The molecular formula is C14H16N6S. The lowest BCUT2D eigenvalue weighted by Crippen LogP contribution is -2.07. The number of nitrogens with one attached hydrogen (secondary N) is 2. The largest absolute Gasteiger partial charge is 0.359 e. The van der Waals surface area contributed by atoms with Crippen molar-refractivity contribution in [3.8, 4) is 6.07 Å². The van der Waals surface area contributed by atoms with Crippen molar-refractivity contribution < 1.29 is 0 Å². The summed E-state index contributed by atoms with van der Waals surface area (Å²) >= 11 is 1.76. The van der Waals surface area contributed by atoms with Crippen LogP contribution in [-0.2, 0) is 0 Å². The molecule has 0 aliphatic carbocycles. The van der Waals surface area contributed by atoms with Gasteiger partial charge in [0.2, 0.25) is 5.82 Å². The third-order valence-corrected chi connectivity index (χ3v) is 3.57. The van der Waals surface area contributed by atoms with Crippen LogP contribution in [0.15, 0.2) is 35.4 Å². The zero-order chi connectivity index (χ0) is 15.3. The van der Waals surface area contributed by atoms with Gasteiger partial charge in [-0.1, -0.05) is 32.9 Å². The number of hydrogen-bond donors (Lipinski definition) is 2. The van der Waals surface area contributed by atoms with E-state index in [1.165, 1.54) is 0 Å². The molecule has 21 heavy (non-hydrogen) atoms. The Morgan fingerprint density at radius 2 is 2.14 bits per heavy atom. The van der Waals surface area contributed by atoms with E-state index in [2.05, 4.69) is 46.7 Å². The highest BCUT2D eigenvalue weighted by atomic mass is 32.2. The van der Waals surface area contributed by atoms with Crippen molar-refractivity contribution in [2.75, 3.05) is 5.32 Å². The van der Waals surface area contributed by atoms with Crippen LogP contribution in [0.25, 0.3) is 5.57 Å². The first kappa shape index (κ1) is 15.1. The lowest BCUT2D eigenvalue weighted by molar-refractivity contribution is 0.803. The molecule has 7 heteroatoms. The highest BCUT2D eigenvalue weighted by molar-refractivity contribution is 8.00. The number of para-hydroxylation sites is 1. The summed E-state index contributed by atoms with van der Waals surface area (Å²) < 4.78 is 0.104. The molecule has 1 heterocycles. The van der Waals surface area contributed by atoms with Gasteiger partial charge in [0.1, 0.15) is 11.6 Å². The number of H-pyrrole nitrogens is 1. The second-order valence-electron chi connectivity index (χ2n) is 5.26. The van der Waals surface area contributed by atoms with Gasteiger partial charge in [-0.05, 0) is 17.3 Å². The second kappa shape index (κ2) is 6.41. The monoisotopic (exact) mass is 300 g/mol. The number of nitriles is 1. The lowest BCUT2D eigenvalue weighted by Gasteiger charge is -2.19. The maximum absolute atomic E-state index is 9.15. The predicted molar refractivity (Wildman–Crippen MR) is 83.4 cm³/mol. The maximum Gasteiger partial charge on any atom is 0.216 e. The number of thioether (sulfide) groups is 1. The average Bonchev–Trinajstić information content (AvgIpc) is 2.93. The van der Waals surface area contributed by atoms with Crippen LogP contribution in [-0.4, -0.2) is 25.4 Å². The number of aromatic amines is 1. The number of anilines is 1. The van der Waals surface area contributed by atoms with E-state index >= 15 is 0 Å². The zero-order valence-corrected chi connectivity index (χ0v) is 12.9. The van der Waals surface area contributed by atoms with Gasteiger partial charge < -0.3 is 5.32 Å². The minimum absolute atomic E-state index is 0.104. The van der Waals surface area contributed by atoms with Crippen molar-refractivity contribution in [1.82, 2.24) is 20.6 Å². The van der Waals surface area contributed by atoms with Gasteiger partial charge in [0.05, 0.1) is 5.69 Å². The number of nitrogens with zero attached hydrogens (tertiary/aromatic N) is 4. The molecule has 0 aliphatic rings. The molecule has 0 saturated heterocycles. The van der Waals surface area contributed by atoms with Gasteiger partial charge in [-0.15, -0.1) is 22.0 Å². The Hall–Kier alpha value is -2.33. The highest BCUT2D eigenvalue weighted by Gasteiger charge is 2.14. The topological polar surface area (TPSA) is 90.3 Å². The number of benzene rings is 1. The fraction of sp³-hybridized carbons (Fsp3) is 0.286. The molecule has 2 rings (SSSR count). The van der Waals surface area contributed by atoms with Crippen molar-refractivity contribution in [1.29, 1.82) is 5.26 Å². The van der Waals surface area contributed by atoms with Gasteiger partial charge in [0.15, 0.2) is 0 Å². The van der Waals surface area contributed by atoms with E-state index < -0.39 is 0 Å². The third-order valence-electron chi connectivity index (χ3n) is 2.38. The van der Waals surface area contributed by atoms with Crippen molar-refractivity contribution >= 4 is 23.0 Å². The molecular weight excluding hydrogens is 284 g/mol. The van der Waals surface area contributed by atoms with Crippen molar-refractivity contribution in [2.45, 2.75) is 30.4 Å². The Morgan fingerprint density at radius 3 is 2.76 bits per heavy atom. The van der Waals surface area contributed by atoms with Gasteiger partial charge in [-0.2, -0.15) is 10.5 Å². The van der Waals surface area contributed by atoms with Crippen LogP contribution in [0.5, 0.6) is 0 Å². The average molecular weight is 300 g/mol. The molecule has 6 nitrogen and oxygen atoms in total. The summed E-state index contributed by atoms with van der Waals surface area (Å²) in [6.07, 6.45) is 1.59. The molecule has 1 aromatic heterocycles. The number of allylic oxidation sites excluding steroid dienone is 1. The van der Waals surface area contributed by atoms with Crippen molar-refractivity contribution in [3.05, 3.63) is 36.3 Å². The molecule has 0 spiro atoms. The summed E-state index contributed by atoms with van der Waals surface area (Å²) in [5.41, 5.74) is 1.26. The lowest BCUT2D eigenvalue weighted by atomic mass is 10.2. The first-order chi connectivity index (χ1) is 9.99. The van der Waals surface area contributed by atoms with Crippen LogP contribution in [0.1, 0.15) is 26.6 Å². The van der Waals surface area contributed by atoms with E-state index in [1.807, 2.05) is 30.3 Å². The normalized spacial score (nSPS) is 12.0. The fourth-order valence-corrected chi connectivity index (χ4v) is 2.62. The SMILES string of the molecule is CC(C)(C)Sc1ccccc1NC=C(C#N)c1nn[nH]n1. The summed E-state index contributed by atoms with van der Waals surface area (Å²) in [5.74, 6) is 0.269. The molecule has 1 aromatic carbocycles. The molecule has 0 radical (unpaired) electrons. The summed E-state index contributed by atoms with van der Waals surface area (Å²) in [4.78, 5) is 1.12. The molecule has 0 amide bonds. The van der Waals surface area contributed by atoms with Gasteiger partial charge in [0, 0.05) is 15.8 Å². The van der Waals surface area contributed by atoms with Crippen LogP contribution < -0.4 is 5.32 Å². The van der Waals surface area contributed by atoms with Crippen molar-refractivity contribution in [3.63, 3.8) is 0 Å². The van der Waals surface area contributed by atoms with Gasteiger partial charge in [-0.25, -0.2) is 0 Å². The highest BCUT2D eigenvalue weighted by Crippen LogP contribution is 2.36. The number of tetrazole rings is 1. The number of aromatic nitrogens is 4. The molecule has 0 unspecified atom stereocenters.